The van der Waals surface area contributed by atoms with Gasteiger partial charge in [-0.05, 0) is 135 Å². The summed E-state index contributed by atoms with van der Waals surface area (Å²) in [4.78, 5) is 73.0. The van der Waals surface area contributed by atoms with Crippen molar-refractivity contribution in [2.24, 2.45) is 0 Å². The first kappa shape index (κ1) is 99.2. The van der Waals surface area contributed by atoms with Gasteiger partial charge in [0.05, 0.1) is 26.4 Å². The summed E-state index contributed by atoms with van der Waals surface area (Å²) in [6.45, 7) is 4.60. The summed E-state index contributed by atoms with van der Waals surface area (Å²) in [5, 5.41) is 10.6. The molecule has 0 saturated heterocycles. The van der Waals surface area contributed by atoms with Crippen LogP contribution in [-0.2, 0) is 65.4 Å². The van der Waals surface area contributed by atoms with Gasteiger partial charge in [-0.1, -0.05) is 296 Å². The molecule has 0 aromatic carbocycles. The van der Waals surface area contributed by atoms with Gasteiger partial charge in [-0.25, -0.2) is 9.13 Å². The van der Waals surface area contributed by atoms with Crippen molar-refractivity contribution in [3.8, 4) is 0 Å². The van der Waals surface area contributed by atoms with Crippen molar-refractivity contribution in [3.05, 3.63) is 134 Å². The quantitative estimate of drug-likeness (QED) is 0.0169. The Hall–Kier alpha value is -4.80. The Morgan fingerprint density at radius 2 is 0.519 bits per heavy atom. The lowest BCUT2D eigenvalue weighted by Crippen LogP contribution is -2.30. The second-order valence-corrected chi connectivity index (χ2v) is 29.5. The standard InChI is InChI=1S/C85H144O17P2/c1-5-9-13-17-21-25-29-33-35-37-39-41-43-47-50-54-58-62-66-70-83(88)96-76-81(102-85(90)72-68-64-60-56-52-48-44-42-40-38-36-34-30-26-22-18-14-10-6-2)78-100-104(93,94)98-74-79(86)73-97-103(91,92)99-77-80(101-84(89)71-67-63-59-55-51-46-32-28-24-20-16-12-8-4)75-95-82(87)69-65-61-57-53-49-45-31-27-23-19-15-11-7-3/h10,14,21-22,25-26,28,32-36,39-42,47-48,50,52,58,62,79-81,86H,5-9,11-13,15-20,23-24,27,29-31,37-38,43-46,49,51,53-57,59-61,63-78H2,1-4H3,(H,91,92)(H,93,94)/b14-10-,25-21-,26-22-,32-28-,35-33-,36-34-,41-39-,42-40-,50-47-,52-48-,62-58-/t79-,80+,81+/m0/s1. The van der Waals surface area contributed by atoms with E-state index in [-0.39, 0.29) is 25.7 Å². The zero-order valence-electron chi connectivity index (χ0n) is 65.2. The summed E-state index contributed by atoms with van der Waals surface area (Å²) < 4.78 is 68.5. The van der Waals surface area contributed by atoms with E-state index in [1.807, 2.05) is 18.2 Å². The normalized spacial score (nSPS) is 14.6. The van der Waals surface area contributed by atoms with Crippen LogP contribution in [0.15, 0.2) is 134 Å². The molecule has 0 radical (unpaired) electrons. The molecule has 5 atom stereocenters. The summed E-state index contributed by atoms with van der Waals surface area (Å²) in [7, 11) is -9.99. The highest BCUT2D eigenvalue weighted by atomic mass is 31.2. The number of unbranched alkanes of at least 4 members (excludes halogenated alkanes) is 27. The number of carbonyl (C=O) groups excluding carboxylic acids is 4. The Balaban J connectivity index is 5.46. The lowest BCUT2D eigenvalue weighted by molar-refractivity contribution is -0.161. The fourth-order valence-corrected chi connectivity index (χ4v) is 12.0. The van der Waals surface area contributed by atoms with Crippen LogP contribution in [0.5, 0.6) is 0 Å². The molecule has 19 heteroatoms. The lowest BCUT2D eigenvalue weighted by atomic mass is 10.0. The van der Waals surface area contributed by atoms with Crippen LogP contribution >= 0.6 is 15.6 Å². The number of hydrogen-bond acceptors (Lipinski definition) is 15. The van der Waals surface area contributed by atoms with Crippen LogP contribution in [0.25, 0.3) is 0 Å². The van der Waals surface area contributed by atoms with Crippen LogP contribution in [0, 0.1) is 0 Å². The van der Waals surface area contributed by atoms with Gasteiger partial charge in [0.1, 0.15) is 19.3 Å². The van der Waals surface area contributed by atoms with Crippen LogP contribution in [0.2, 0.25) is 0 Å². The monoisotopic (exact) mass is 1500 g/mol. The Labute approximate surface area is 631 Å². The molecule has 0 heterocycles. The molecule has 0 spiro atoms. The first-order chi connectivity index (χ1) is 50.7. The van der Waals surface area contributed by atoms with Crippen molar-refractivity contribution < 1.29 is 80.2 Å². The predicted octanol–water partition coefficient (Wildman–Crippen LogP) is 23.7. The van der Waals surface area contributed by atoms with Crippen molar-refractivity contribution in [3.63, 3.8) is 0 Å². The SMILES string of the molecule is CC/C=C\C/C=C\C/C=C\C/C=C\C/C=C\CCCCCC(=O)O[C@H](COC(=O)CC/C=C\C/C=C\C/C=C\C/C=C\C/C=C\CCCCC)COP(=O)(O)OC[C@@H](O)COP(=O)(O)OC[C@@H](COC(=O)CCCCCCCCCCCCCCC)OC(=O)CCCCCCC/C=C\CCCCCC. The maximum atomic E-state index is 13.1. The van der Waals surface area contributed by atoms with Gasteiger partial charge in [-0.2, -0.15) is 0 Å². The number of phosphoric ester groups is 2. The minimum atomic E-state index is -5.01. The molecule has 104 heavy (non-hydrogen) atoms. The maximum Gasteiger partial charge on any atom is 0.472 e. The number of aliphatic hydroxyl groups excluding tert-OH is 1. The molecule has 0 aliphatic heterocycles. The number of carbonyl (C=O) groups is 4. The molecule has 2 unspecified atom stereocenters. The van der Waals surface area contributed by atoms with E-state index < -0.39 is 97.5 Å². The summed E-state index contributed by atoms with van der Waals surface area (Å²) >= 11 is 0. The molecule has 0 aromatic heterocycles. The number of hydrogen-bond donors (Lipinski definition) is 3. The second-order valence-electron chi connectivity index (χ2n) is 26.6. The molecule has 0 aliphatic carbocycles. The highest BCUT2D eigenvalue weighted by Crippen LogP contribution is 2.45. The number of allylic oxidation sites excluding steroid dienone is 22. The van der Waals surface area contributed by atoms with Gasteiger partial charge in [0.2, 0.25) is 0 Å². The summed E-state index contributed by atoms with van der Waals surface area (Å²) in [5.41, 5.74) is 0. The third kappa shape index (κ3) is 75.4. The fourth-order valence-electron chi connectivity index (χ4n) is 10.5. The molecule has 0 amide bonds. The predicted molar refractivity (Wildman–Crippen MR) is 427 cm³/mol. The average Bonchev–Trinajstić information content (AvgIpc) is 0.935. The van der Waals surface area contributed by atoms with E-state index in [1.165, 1.54) is 103 Å². The molecular weight excluding hydrogens is 1350 g/mol. The van der Waals surface area contributed by atoms with Crippen molar-refractivity contribution >= 4 is 39.5 Å². The van der Waals surface area contributed by atoms with E-state index in [0.717, 1.165) is 135 Å². The number of esters is 4. The smallest absolute Gasteiger partial charge is 0.462 e. The second kappa shape index (κ2) is 76.4. The van der Waals surface area contributed by atoms with Gasteiger partial charge in [0.25, 0.3) is 0 Å². The summed E-state index contributed by atoms with van der Waals surface area (Å²) in [6, 6.07) is 0. The third-order valence-electron chi connectivity index (χ3n) is 16.6. The van der Waals surface area contributed by atoms with Crippen LogP contribution < -0.4 is 0 Å². The van der Waals surface area contributed by atoms with Gasteiger partial charge >= 0.3 is 39.5 Å². The molecule has 596 valence electrons. The van der Waals surface area contributed by atoms with E-state index in [2.05, 4.69) is 143 Å². The van der Waals surface area contributed by atoms with Crippen molar-refractivity contribution in [1.82, 2.24) is 0 Å². The zero-order valence-corrected chi connectivity index (χ0v) is 66.9. The van der Waals surface area contributed by atoms with E-state index in [0.29, 0.717) is 32.1 Å². The topological polar surface area (TPSA) is 237 Å². The number of rotatable bonds is 75. The Kier molecular flexibility index (Phi) is 72.9. The lowest BCUT2D eigenvalue weighted by Gasteiger charge is -2.21. The first-order valence-corrected chi connectivity index (χ1v) is 43.4. The number of ether oxygens (including phenoxy) is 4. The minimum absolute atomic E-state index is 0.0270. The Morgan fingerprint density at radius 3 is 0.875 bits per heavy atom. The molecule has 0 aromatic rings. The Morgan fingerprint density at radius 1 is 0.279 bits per heavy atom. The molecule has 0 rings (SSSR count). The minimum Gasteiger partial charge on any atom is -0.462 e. The van der Waals surface area contributed by atoms with Gasteiger partial charge in [-0.3, -0.25) is 37.3 Å². The Bertz CT molecular complexity index is 2490. The third-order valence-corrected chi connectivity index (χ3v) is 18.5. The van der Waals surface area contributed by atoms with Gasteiger partial charge in [-0.15, -0.1) is 0 Å². The van der Waals surface area contributed by atoms with Gasteiger partial charge < -0.3 is 33.8 Å². The van der Waals surface area contributed by atoms with Crippen molar-refractivity contribution in [2.45, 2.75) is 341 Å². The van der Waals surface area contributed by atoms with Crippen LogP contribution in [0.3, 0.4) is 0 Å². The molecule has 0 fully saturated rings. The summed E-state index contributed by atoms with van der Waals surface area (Å²) in [6.07, 6.45) is 85.9. The maximum absolute atomic E-state index is 13.1. The zero-order chi connectivity index (χ0) is 76.0. The van der Waals surface area contributed by atoms with Gasteiger partial charge in [0, 0.05) is 25.7 Å². The number of phosphoric acid groups is 2. The van der Waals surface area contributed by atoms with Crippen LogP contribution in [0.4, 0.5) is 0 Å². The molecule has 0 bridgehead atoms. The first-order valence-electron chi connectivity index (χ1n) is 40.4. The highest BCUT2D eigenvalue weighted by molar-refractivity contribution is 7.47. The molecular formula is C85H144O17P2. The fraction of sp³-hybridized carbons (Fsp3) is 0.694. The van der Waals surface area contributed by atoms with E-state index >= 15 is 0 Å². The van der Waals surface area contributed by atoms with Crippen LogP contribution in [-0.4, -0.2) is 96.7 Å². The molecule has 3 N–H and O–H groups in total. The van der Waals surface area contributed by atoms with Crippen molar-refractivity contribution in [1.29, 1.82) is 0 Å². The van der Waals surface area contributed by atoms with Crippen LogP contribution in [0.1, 0.15) is 323 Å². The van der Waals surface area contributed by atoms with Crippen molar-refractivity contribution in [2.75, 3.05) is 39.6 Å². The molecule has 17 nitrogen and oxygen atoms in total. The average molecular weight is 1500 g/mol. The van der Waals surface area contributed by atoms with E-state index in [4.69, 9.17) is 37.0 Å². The molecule has 0 aliphatic rings. The van der Waals surface area contributed by atoms with Gasteiger partial charge in [0.15, 0.2) is 12.2 Å². The number of aliphatic hydroxyl groups is 1. The summed E-state index contributed by atoms with van der Waals surface area (Å²) in [5.74, 6) is -2.31. The highest BCUT2D eigenvalue weighted by Gasteiger charge is 2.30. The van der Waals surface area contributed by atoms with E-state index in [9.17, 15) is 43.2 Å². The largest absolute Gasteiger partial charge is 0.472 e. The molecule has 0 saturated carbocycles. The van der Waals surface area contributed by atoms with E-state index in [1.54, 1.807) is 0 Å².